The summed E-state index contributed by atoms with van der Waals surface area (Å²) in [5, 5.41) is 1.37. The van der Waals surface area contributed by atoms with Gasteiger partial charge in [-0.3, -0.25) is 0 Å². The normalized spacial score (nSPS) is 15.3. The van der Waals surface area contributed by atoms with Crippen molar-refractivity contribution in [3.8, 4) is 0 Å². The van der Waals surface area contributed by atoms with E-state index >= 15 is 0 Å². The zero-order valence-electron chi connectivity index (χ0n) is 6.66. The molecule has 0 fully saturated rings. The molecular formula is C10H9NS. The molecule has 1 aromatic heterocycles. The highest BCUT2D eigenvalue weighted by Crippen LogP contribution is 2.32. The maximum atomic E-state index is 2.35. The number of thioether (sulfide) groups is 1. The highest BCUT2D eigenvalue weighted by molar-refractivity contribution is 7.99. The number of para-hydroxylation sites is 1. The largest absolute Gasteiger partial charge is 0.346 e. The molecule has 0 N–H and O–H groups in total. The molecule has 0 saturated carbocycles. The Morgan fingerprint density at radius 2 is 2.25 bits per heavy atom. The second-order valence-electron chi connectivity index (χ2n) is 3.05. The third-order valence-electron chi connectivity index (χ3n) is 2.34. The van der Waals surface area contributed by atoms with Crippen LogP contribution in [0, 0.1) is 0 Å². The first kappa shape index (κ1) is 6.61. The van der Waals surface area contributed by atoms with Crippen LogP contribution < -0.4 is 0 Å². The van der Waals surface area contributed by atoms with Crippen LogP contribution in [0.2, 0.25) is 0 Å². The first-order chi connectivity index (χ1) is 5.95. The smallest absolute Gasteiger partial charge is 0.0618 e. The maximum absolute atomic E-state index is 2.35. The van der Waals surface area contributed by atoms with E-state index in [1.165, 1.54) is 21.6 Å². The molecule has 0 saturated heterocycles. The first-order valence-corrected chi connectivity index (χ1v) is 5.14. The van der Waals surface area contributed by atoms with Crippen LogP contribution in [0.25, 0.3) is 10.9 Å². The molecule has 1 aromatic carbocycles. The summed E-state index contributed by atoms with van der Waals surface area (Å²) in [4.78, 5) is 1.43. The fourth-order valence-electron chi connectivity index (χ4n) is 1.78. The van der Waals surface area contributed by atoms with Gasteiger partial charge in [0.05, 0.1) is 5.52 Å². The molecule has 0 bridgehead atoms. The summed E-state index contributed by atoms with van der Waals surface area (Å²) >= 11 is 1.96. The molecule has 0 amide bonds. The third-order valence-corrected chi connectivity index (χ3v) is 3.37. The zero-order chi connectivity index (χ0) is 7.97. The molecule has 2 heteroatoms. The van der Waals surface area contributed by atoms with Gasteiger partial charge in [0.2, 0.25) is 0 Å². The van der Waals surface area contributed by atoms with E-state index in [0.29, 0.717) is 0 Å². The monoisotopic (exact) mass is 175 g/mol. The summed E-state index contributed by atoms with van der Waals surface area (Å²) in [6.45, 7) is 1.16. The fraction of sp³-hybridized carbons (Fsp3) is 0.200. The molecule has 1 aliphatic rings. The van der Waals surface area contributed by atoms with Gasteiger partial charge in [-0.05, 0) is 12.1 Å². The van der Waals surface area contributed by atoms with E-state index < -0.39 is 0 Å². The SMILES string of the molecule is c1cc2c3c(c1)ccn3CCS2. The molecule has 1 aliphatic heterocycles. The number of aromatic nitrogens is 1. The van der Waals surface area contributed by atoms with Gasteiger partial charge in [0.25, 0.3) is 0 Å². The van der Waals surface area contributed by atoms with E-state index in [0.717, 1.165) is 6.54 Å². The van der Waals surface area contributed by atoms with E-state index in [-0.39, 0.29) is 0 Å². The Morgan fingerprint density at radius 1 is 1.25 bits per heavy atom. The number of nitrogens with zero attached hydrogens (tertiary/aromatic N) is 1. The van der Waals surface area contributed by atoms with Gasteiger partial charge in [-0.2, -0.15) is 0 Å². The van der Waals surface area contributed by atoms with Crippen molar-refractivity contribution in [2.75, 3.05) is 5.75 Å². The molecule has 1 nitrogen and oxygen atoms in total. The van der Waals surface area contributed by atoms with Gasteiger partial charge in [-0.25, -0.2) is 0 Å². The van der Waals surface area contributed by atoms with E-state index in [1.807, 2.05) is 11.8 Å². The Morgan fingerprint density at radius 3 is 3.25 bits per heavy atom. The molecule has 60 valence electrons. The molecule has 2 heterocycles. The molecule has 0 aliphatic carbocycles. The van der Waals surface area contributed by atoms with Crippen molar-refractivity contribution in [2.24, 2.45) is 0 Å². The highest BCUT2D eigenvalue weighted by atomic mass is 32.2. The minimum absolute atomic E-state index is 1.16. The van der Waals surface area contributed by atoms with Crippen LogP contribution in [-0.2, 0) is 6.54 Å². The van der Waals surface area contributed by atoms with Crippen LogP contribution >= 0.6 is 11.8 Å². The average Bonchev–Trinajstić information content (AvgIpc) is 2.52. The van der Waals surface area contributed by atoms with Crippen molar-refractivity contribution in [1.82, 2.24) is 4.57 Å². The van der Waals surface area contributed by atoms with Gasteiger partial charge in [-0.1, -0.05) is 12.1 Å². The van der Waals surface area contributed by atoms with Gasteiger partial charge < -0.3 is 4.57 Å². The summed E-state index contributed by atoms with van der Waals surface area (Å²) in [6.07, 6.45) is 2.19. The highest BCUT2D eigenvalue weighted by Gasteiger charge is 2.10. The van der Waals surface area contributed by atoms with E-state index in [1.54, 1.807) is 0 Å². The molecule has 0 atom stereocenters. The second-order valence-corrected chi connectivity index (χ2v) is 4.19. The van der Waals surface area contributed by atoms with Crippen LogP contribution in [0.4, 0.5) is 0 Å². The molecular weight excluding hydrogens is 166 g/mol. The quantitative estimate of drug-likeness (QED) is 0.596. The number of benzene rings is 1. The van der Waals surface area contributed by atoms with E-state index in [2.05, 4.69) is 35.0 Å². The van der Waals surface area contributed by atoms with Crippen LogP contribution in [-0.4, -0.2) is 10.3 Å². The standard InChI is InChI=1S/C10H9NS/c1-2-8-4-5-11-6-7-12-9(3-1)10(8)11/h1-5H,6-7H2. The molecule has 0 spiro atoms. The average molecular weight is 175 g/mol. The first-order valence-electron chi connectivity index (χ1n) is 4.16. The lowest BCUT2D eigenvalue weighted by Gasteiger charge is -2.14. The Labute approximate surface area is 75.4 Å². The van der Waals surface area contributed by atoms with Crippen LogP contribution in [0.5, 0.6) is 0 Å². The van der Waals surface area contributed by atoms with Gasteiger partial charge in [-0.15, -0.1) is 11.8 Å². The van der Waals surface area contributed by atoms with Crippen LogP contribution in [0.15, 0.2) is 35.4 Å². The summed E-state index contributed by atoms with van der Waals surface area (Å²) < 4.78 is 2.35. The summed E-state index contributed by atoms with van der Waals surface area (Å²) in [6, 6.07) is 8.73. The predicted octanol–water partition coefficient (Wildman–Crippen LogP) is 2.75. The van der Waals surface area contributed by atoms with Crippen LogP contribution in [0.3, 0.4) is 0 Å². The predicted molar refractivity (Wildman–Crippen MR) is 52.7 cm³/mol. The van der Waals surface area contributed by atoms with E-state index in [9.17, 15) is 0 Å². The number of aryl methyl sites for hydroxylation is 1. The Hall–Kier alpha value is -0.890. The van der Waals surface area contributed by atoms with Gasteiger partial charge in [0.15, 0.2) is 0 Å². The maximum Gasteiger partial charge on any atom is 0.0618 e. The van der Waals surface area contributed by atoms with Gasteiger partial charge in [0.1, 0.15) is 0 Å². The summed E-state index contributed by atoms with van der Waals surface area (Å²) in [5.74, 6) is 1.21. The molecule has 0 unspecified atom stereocenters. The molecule has 12 heavy (non-hydrogen) atoms. The summed E-state index contributed by atoms with van der Waals surface area (Å²) in [5.41, 5.74) is 1.42. The fourth-order valence-corrected chi connectivity index (χ4v) is 2.84. The number of hydrogen-bond donors (Lipinski definition) is 0. The van der Waals surface area contributed by atoms with Gasteiger partial charge >= 0.3 is 0 Å². The topological polar surface area (TPSA) is 4.93 Å². The number of hydrogen-bond acceptors (Lipinski definition) is 1. The van der Waals surface area contributed by atoms with Crippen molar-refractivity contribution < 1.29 is 0 Å². The van der Waals surface area contributed by atoms with Crippen LogP contribution in [0.1, 0.15) is 0 Å². The third kappa shape index (κ3) is 0.758. The Bertz CT molecular complexity index is 430. The molecule has 3 rings (SSSR count). The molecule has 0 radical (unpaired) electrons. The van der Waals surface area contributed by atoms with Gasteiger partial charge in [0, 0.05) is 28.8 Å². The Kier molecular flexibility index (Phi) is 1.27. The second kappa shape index (κ2) is 2.30. The lowest BCUT2D eigenvalue weighted by Crippen LogP contribution is -2.03. The van der Waals surface area contributed by atoms with Crippen molar-refractivity contribution in [3.63, 3.8) is 0 Å². The lowest BCUT2D eigenvalue weighted by atomic mass is 10.2. The number of rotatable bonds is 0. The molecule has 2 aromatic rings. The minimum Gasteiger partial charge on any atom is -0.346 e. The summed E-state index contributed by atoms with van der Waals surface area (Å²) in [7, 11) is 0. The Balaban J connectivity index is 2.50. The lowest BCUT2D eigenvalue weighted by molar-refractivity contribution is 0.792. The van der Waals surface area contributed by atoms with Crippen molar-refractivity contribution in [3.05, 3.63) is 30.5 Å². The van der Waals surface area contributed by atoms with Crippen molar-refractivity contribution in [2.45, 2.75) is 11.4 Å². The zero-order valence-corrected chi connectivity index (χ0v) is 7.47. The minimum atomic E-state index is 1.16. The van der Waals surface area contributed by atoms with E-state index in [4.69, 9.17) is 0 Å². The van der Waals surface area contributed by atoms with Crippen molar-refractivity contribution in [1.29, 1.82) is 0 Å². The van der Waals surface area contributed by atoms with Crippen molar-refractivity contribution >= 4 is 22.7 Å².